The third-order valence-electron chi connectivity index (χ3n) is 3.69. The highest BCUT2D eigenvalue weighted by Crippen LogP contribution is 2.21. The van der Waals surface area contributed by atoms with E-state index in [1.807, 2.05) is 0 Å². The summed E-state index contributed by atoms with van der Waals surface area (Å²) in [5.74, 6) is -0.939. The Morgan fingerprint density at radius 2 is 1.75 bits per heavy atom. The van der Waals surface area contributed by atoms with Crippen LogP contribution in [-0.2, 0) is 14.8 Å². The minimum atomic E-state index is -3.51. The molecule has 0 spiro atoms. The van der Waals surface area contributed by atoms with E-state index >= 15 is 0 Å². The fourth-order valence-electron chi connectivity index (χ4n) is 2.39. The van der Waals surface area contributed by atoms with Gasteiger partial charge < -0.3 is 5.73 Å². The van der Waals surface area contributed by atoms with Gasteiger partial charge in [-0.05, 0) is 37.1 Å². The van der Waals surface area contributed by atoms with Crippen molar-refractivity contribution < 1.29 is 13.2 Å². The van der Waals surface area contributed by atoms with E-state index in [-0.39, 0.29) is 4.90 Å². The Bertz CT molecular complexity index is 757. The molecular formula is C15H19N5O3S. The highest BCUT2D eigenvalue weighted by atomic mass is 32.2. The molecular weight excluding hydrogens is 330 g/mol. The number of nitrogens with zero attached hydrogens (tertiary/aromatic N) is 3. The van der Waals surface area contributed by atoms with Gasteiger partial charge in [0.05, 0.1) is 10.6 Å². The average molecular weight is 349 g/mol. The first-order valence-electron chi connectivity index (χ1n) is 7.59. The van der Waals surface area contributed by atoms with Crippen LogP contribution in [-0.4, -0.2) is 37.4 Å². The van der Waals surface area contributed by atoms with Gasteiger partial charge in [-0.15, -0.1) is 0 Å². The van der Waals surface area contributed by atoms with Crippen molar-refractivity contribution in [3.63, 3.8) is 0 Å². The standard InChI is InChI=1S/C15H19N5O3S/c16-11-14(15(17)21)19-18-12-5-7-13(8-6-12)24(22,23)20-9-3-1-2-4-10-20/h5-8,18H,1-4,9-10H2,(H2,17,21). The number of nitriles is 1. The monoisotopic (exact) mass is 349 g/mol. The lowest BCUT2D eigenvalue weighted by Gasteiger charge is -2.20. The van der Waals surface area contributed by atoms with Crippen LogP contribution in [0.3, 0.4) is 0 Å². The topological polar surface area (TPSA) is 129 Å². The molecule has 2 rings (SSSR count). The predicted octanol–water partition coefficient (Wildman–Crippen LogP) is 1.03. The number of primary amides is 1. The van der Waals surface area contributed by atoms with Gasteiger partial charge in [0.15, 0.2) is 0 Å². The third kappa shape index (κ3) is 4.31. The summed E-state index contributed by atoms with van der Waals surface area (Å²) < 4.78 is 26.8. The van der Waals surface area contributed by atoms with Crippen LogP contribution < -0.4 is 11.2 Å². The molecule has 1 heterocycles. The van der Waals surface area contributed by atoms with E-state index in [1.165, 1.54) is 28.6 Å². The fourth-order valence-corrected chi connectivity index (χ4v) is 3.91. The predicted molar refractivity (Wildman–Crippen MR) is 89.5 cm³/mol. The molecule has 0 atom stereocenters. The number of hydrogen-bond donors (Lipinski definition) is 2. The SMILES string of the molecule is N#CC(=NNc1ccc(S(=O)(=O)N2CCCCCC2)cc1)C(N)=O. The molecule has 8 nitrogen and oxygen atoms in total. The molecule has 1 aromatic carbocycles. The Labute approximate surface area is 141 Å². The molecule has 0 saturated carbocycles. The summed E-state index contributed by atoms with van der Waals surface area (Å²) in [6.45, 7) is 1.08. The van der Waals surface area contributed by atoms with Gasteiger partial charge in [0.1, 0.15) is 6.07 Å². The van der Waals surface area contributed by atoms with Gasteiger partial charge in [0.2, 0.25) is 15.7 Å². The first kappa shape index (κ1) is 17.9. The lowest BCUT2D eigenvalue weighted by atomic mass is 10.2. The smallest absolute Gasteiger partial charge is 0.280 e. The second-order valence-corrected chi connectivity index (χ2v) is 7.33. The highest BCUT2D eigenvalue weighted by Gasteiger charge is 2.24. The van der Waals surface area contributed by atoms with E-state index in [2.05, 4.69) is 10.5 Å². The number of hydrazone groups is 1. The second-order valence-electron chi connectivity index (χ2n) is 5.39. The molecule has 128 valence electrons. The zero-order chi connectivity index (χ0) is 17.6. The molecule has 1 aliphatic rings. The van der Waals surface area contributed by atoms with Gasteiger partial charge >= 0.3 is 0 Å². The van der Waals surface area contributed by atoms with E-state index in [1.54, 1.807) is 6.07 Å². The molecule has 3 N–H and O–H groups in total. The van der Waals surface area contributed by atoms with Crippen molar-refractivity contribution in [3.05, 3.63) is 24.3 Å². The molecule has 9 heteroatoms. The molecule has 0 bridgehead atoms. The lowest BCUT2D eigenvalue weighted by molar-refractivity contribution is -0.111. The summed E-state index contributed by atoms with van der Waals surface area (Å²) in [6.07, 6.45) is 3.84. The average Bonchev–Trinajstić information content (AvgIpc) is 2.85. The highest BCUT2D eigenvalue weighted by molar-refractivity contribution is 7.89. The molecule has 0 unspecified atom stereocenters. The lowest BCUT2D eigenvalue weighted by Crippen LogP contribution is -2.31. The largest absolute Gasteiger partial charge is 0.364 e. The van der Waals surface area contributed by atoms with E-state index in [0.29, 0.717) is 18.8 Å². The van der Waals surface area contributed by atoms with Gasteiger partial charge in [0, 0.05) is 13.1 Å². The quantitative estimate of drug-likeness (QED) is 0.606. The summed E-state index contributed by atoms with van der Waals surface area (Å²) in [6, 6.07) is 7.54. The molecule has 0 aromatic heterocycles. The van der Waals surface area contributed by atoms with Crippen LogP contribution in [0.4, 0.5) is 5.69 Å². The molecule has 0 radical (unpaired) electrons. The van der Waals surface area contributed by atoms with Crippen LogP contribution in [0.25, 0.3) is 0 Å². The summed E-state index contributed by atoms with van der Waals surface area (Å²) >= 11 is 0. The van der Waals surface area contributed by atoms with E-state index in [4.69, 9.17) is 11.0 Å². The van der Waals surface area contributed by atoms with Crippen LogP contribution in [0.5, 0.6) is 0 Å². The molecule has 1 aromatic rings. The van der Waals surface area contributed by atoms with E-state index < -0.39 is 21.6 Å². The summed E-state index contributed by atoms with van der Waals surface area (Å²) in [4.78, 5) is 11.1. The molecule has 0 aliphatic carbocycles. The van der Waals surface area contributed by atoms with Gasteiger partial charge in [-0.3, -0.25) is 10.2 Å². The Balaban J connectivity index is 2.13. The Kier molecular flexibility index (Phi) is 5.89. The number of nitrogens with one attached hydrogen (secondary N) is 1. The number of hydrogen-bond acceptors (Lipinski definition) is 6. The van der Waals surface area contributed by atoms with Crippen molar-refractivity contribution >= 4 is 27.3 Å². The maximum atomic E-state index is 12.6. The van der Waals surface area contributed by atoms with Crippen LogP contribution in [0.2, 0.25) is 0 Å². The number of nitrogens with two attached hydrogens (primary N) is 1. The van der Waals surface area contributed by atoms with Crippen molar-refractivity contribution in [2.45, 2.75) is 30.6 Å². The number of carbonyl (C=O) groups is 1. The molecule has 1 fully saturated rings. The summed E-state index contributed by atoms with van der Waals surface area (Å²) in [5, 5.41) is 12.3. The Morgan fingerprint density at radius 3 is 2.25 bits per heavy atom. The summed E-state index contributed by atoms with van der Waals surface area (Å²) in [5.41, 5.74) is 7.45. The Morgan fingerprint density at radius 1 is 1.17 bits per heavy atom. The molecule has 1 aliphatic heterocycles. The number of amides is 1. The minimum absolute atomic E-state index is 0.203. The molecule has 1 saturated heterocycles. The van der Waals surface area contributed by atoms with Crippen molar-refractivity contribution in [1.82, 2.24) is 4.31 Å². The minimum Gasteiger partial charge on any atom is -0.364 e. The number of carbonyl (C=O) groups excluding carboxylic acids is 1. The normalized spacial score (nSPS) is 16.9. The van der Waals surface area contributed by atoms with Crippen molar-refractivity contribution in [2.75, 3.05) is 18.5 Å². The van der Waals surface area contributed by atoms with Crippen LogP contribution >= 0.6 is 0 Å². The van der Waals surface area contributed by atoms with E-state index in [9.17, 15) is 13.2 Å². The van der Waals surface area contributed by atoms with Gasteiger partial charge in [-0.1, -0.05) is 12.8 Å². The maximum Gasteiger partial charge on any atom is 0.280 e. The number of sulfonamides is 1. The number of rotatable bonds is 5. The summed E-state index contributed by atoms with van der Waals surface area (Å²) in [7, 11) is -3.51. The number of benzene rings is 1. The fraction of sp³-hybridized carbons (Fsp3) is 0.400. The van der Waals surface area contributed by atoms with Crippen LogP contribution in [0, 0.1) is 11.3 Å². The zero-order valence-electron chi connectivity index (χ0n) is 13.1. The molecule has 1 amide bonds. The number of anilines is 1. The van der Waals surface area contributed by atoms with Crippen LogP contribution in [0.1, 0.15) is 25.7 Å². The van der Waals surface area contributed by atoms with Gasteiger partial charge in [0.25, 0.3) is 5.91 Å². The second kappa shape index (κ2) is 7.90. The van der Waals surface area contributed by atoms with Crippen LogP contribution in [0.15, 0.2) is 34.3 Å². The van der Waals surface area contributed by atoms with Crippen molar-refractivity contribution in [3.8, 4) is 6.07 Å². The van der Waals surface area contributed by atoms with Gasteiger partial charge in [-0.25, -0.2) is 8.42 Å². The van der Waals surface area contributed by atoms with E-state index in [0.717, 1.165) is 25.7 Å². The first-order valence-corrected chi connectivity index (χ1v) is 9.03. The van der Waals surface area contributed by atoms with Gasteiger partial charge in [-0.2, -0.15) is 14.7 Å². The third-order valence-corrected chi connectivity index (χ3v) is 5.61. The first-order chi connectivity index (χ1) is 11.4. The van der Waals surface area contributed by atoms with Crippen molar-refractivity contribution in [2.24, 2.45) is 10.8 Å². The van der Waals surface area contributed by atoms with Crippen molar-refractivity contribution in [1.29, 1.82) is 5.26 Å². The Hall–Kier alpha value is -2.44. The maximum absolute atomic E-state index is 12.6. The molecule has 24 heavy (non-hydrogen) atoms. The zero-order valence-corrected chi connectivity index (χ0v) is 13.9.